The number of hydrogen-bond donors (Lipinski definition) is 1. The fraction of sp³-hybridized carbons (Fsp3) is 0.333. The molecule has 0 radical (unpaired) electrons. The van der Waals surface area contributed by atoms with Gasteiger partial charge in [0.15, 0.2) is 11.5 Å². The second kappa shape index (κ2) is 6.88. The normalized spacial score (nSPS) is 16.3. The maximum Gasteiger partial charge on any atom is 0.274 e. The number of nitro groups is 1. The highest BCUT2D eigenvalue weighted by atomic mass is 16.6. The van der Waals surface area contributed by atoms with Crippen molar-refractivity contribution < 1.29 is 14.4 Å². The fourth-order valence-electron chi connectivity index (χ4n) is 3.17. The molecule has 1 N–H and O–H groups in total. The van der Waals surface area contributed by atoms with Crippen LogP contribution >= 0.6 is 0 Å². The average Bonchev–Trinajstić information content (AvgIpc) is 2.61. The van der Waals surface area contributed by atoms with E-state index in [1.165, 1.54) is 6.07 Å². The van der Waals surface area contributed by atoms with Gasteiger partial charge in [-0.05, 0) is 36.6 Å². The number of nitrogens with zero attached hydrogens (tertiary/aromatic N) is 1. The van der Waals surface area contributed by atoms with Crippen molar-refractivity contribution in [3.8, 4) is 11.5 Å². The molecule has 6 nitrogen and oxygen atoms in total. The number of nitro benzene ring substituents is 1. The Balaban J connectivity index is 2.12. The Morgan fingerprint density at radius 2 is 2.04 bits per heavy atom. The first-order valence-corrected chi connectivity index (χ1v) is 7.96. The molecule has 0 saturated carbocycles. The molecule has 126 valence electrons. The van der Waals surface area contributed by atoms with Crippen molar-refractivity contribution >= 4 is 5.69 Å². The predicted molar refractivity (Wildman–Crippen MR) is 90.8 cm³/mol. The lowest BCUT2D eigenvalue weighted by atomic mass is 9.88. The summed E-state index contributed by atoms with van der Waals surface area (Å²) < 4.78 is 11.1. The van der Waals surface area contributed by atoms with E-state index < -0.39 is 0 Å². The number of ether oxygens (including phenoxy) is 2. The van der Waals surface area contributed by atoms with Gasteiger partial charge in [-0.3, -0.25) is 10.1 Å². The highest BCUT2D eigenvalue weighted by Crippen LogP contribution is 2.39. The lowest BCUT2D eigenvalue weighted by molar-refractivity contribution is -0.385. The summed E-state index contributed by atoms with van der Waals surface area (Å²) in [5.41, 5.74) is 2.91. The van der Waals surface area contributed by atoms with Gasteiger partial charge in [0.05, 0.1) is 30.2 Å². The van der Waals surface area contributed by atoms with Crippen molar-refractivity contribution in [2.24, 2.45) is 0 Å². The van der Waals surface area contributed by atoms with Crippen LogP contribution in [0.2, 0.25) is 0 Å². The predicted octanol–water partition coefficient (Wildman–Crippen LogP) is 3.24. The van der Waals surface area contributed by atoms with E-state index in [-0.39, 0.29) is 16.7 Å². The summed E-state index contributed by atoms with van der Waals surface area (Å²) in [6.45, 7) is 3.19. The third kappa shape index (κ3) is 2.92. The minimum atomic E-state index is -0.335. The summed E-state index contributed by atoms with van der Waals surface area (Å²) in [6, 6.07) is 10.5. The van der Waals surface area contributed by atoms with Gasteiger partial charge in [0.25, 0.3) is 5.69 Å². The summed E-state index contributed by atoms with van der Waals surface area (Å²) >= 11 is 0. The average molecular weight is 328 g/mol. The van der Waals surface area contributed by atoms with Crippen LogP contribution in [0.5, 0.6) is 11.5 Å². The molecule has 2 aromatic rings. The molecule has 1 unspecified atom stereocenters. The quantitative estimate of drug-likeness (QED) is 0.674. The van der Waals surface area contributed by atoms with Crippen LogP contribution in [-0.4, -0.2) is 25.2 Å². The molecule has 2 aromatic carbocycles. The molecular weight excluding hydrogens is 308 g/mol. The van der Waals surface area contributed by atoms with Crippen LogP contribution in [0.4, 0.5) is 5.69 Å². The van der Waals surface area contributed by atoms with Crippen molar-refractivity contribution in [1.82, 2.24) is 5.32 Å². The minimum Gasteiger partial charge on any atom is -0.493 e. The Hall–Kier alpha value is -2.60. The Morgan fingerprint density at radius 1 is 1.25 bits per heavy atom. The molecule has 24 heavy (non-hydrogen) atoms. The van der Waals surface area contributed by atoms with Crippen molar-refractivity contribution in [1.29, 1.82) is 0 Å². The summed E-state index contributed by atoms with van der Waals surface area (Å²) in [5.74, 6) is 1.35. The monoisotopic (exact) mass is 328 g/mol. The van der Waals surface area contributed by atoms with Crippen LogP contribution in [0, 0.1) is 10.1 Å². The Kier molecular flexibility index (Phi) is 4.66. The second-order valence-corrected chi connectivity index (χ2v) is 5.59. The van der Waals surface area contributed by atoms with Crippen molar-refractivity contribution in [3.63, 3.8) is 0 Å². The van der Waals surface area contributed by atoms with E-state index >= 15 is 0 Å². The molecule has 0 fully saturated rings. The van der Waals surface area contributed by atoms with Crippen LogP contribution in [0.1, 0.15) is 29.7 Å². The largest absolute Gasteiger partial charge is 0.493 e. The molecular formula is C18H20N2O4. The van der Waals surface area contributed by atoms with Crippen molar-refractivity contribution in [2.45, 2.75) is 19.4 Å². The van der Waals surface area contributed by atoms with Gasteiger partial charge in [-0.1, -0.05) is 18.2 Å². The van der Waals surface area contributed by atoms with E-state index in [2.05, 4.69) is 5.32 Å². The van der Waals surface area contributed by atoms with E-state index in [1.807, 2.05) is 25.1 Å². The van der Waals surface area contributed by atoms with Crippen LogP contribution in [0.3, 0.4) is 0 Å². The van der Waals surface area contributed by atoms with Crippen LogP contribution in [0.25, 0.3) is 0 Å². The van der Waals surface area contributed by atoms with Crippen LogP contribution in [-0.2, 0) is 6.42 Å². The van der Waals surface area contributed by atoms with Gasteiger partial charge in [-0.2, -0.15) is 0 Å². The fourth-order valence-corrected chi connectivity index (χ4v) is 3.17. The van der Waals surface area contributed by atoms with Gasteiger partial charge in [0, 0.05) is 12.6 Å². The highest BCUT2D eigenvalue weighted by Gasteiger charge is 2.28. The summed E-state index contributed by atoms with van der Waals surface area (Å²) in [7, 11) is 1.62. The van der Waals surface area contributed by atoms with E-state index in [0.717, 1.165) is 24.1 Å². The summed E-state index contributed by atoms with van der Waals surface area (Å²) in [4.78, 5) is 11.0. The van der Waals surface area contributed by atoms with Crippen molar-refractivity contribution in [2.75, 3.05) is 20.3 Å². The molecule has 1 heterocycles. The topological polar surface area (TPSA) is 73.6 Å². The molecule has 0 spiro atoms. The standard InChI is InChI=1S/C18H20N2O4/c1-3-24-17-11-14-12(10-16(17)23-2)8-9-19-18(14)13-6-4-5-7-15(13)20(21)22/h4-7,10-11,18-19H,3,8-9H2,1-2H3. The third-order valence-electron chi connectivity index (χ3n) is 4.22. The molecule has 0 aromatic heterocycles. The third-order valence-corrected chi connectivity index (χ3v) is 4.22. The number of hydrogen-bond acceptors (Lipinski definition) is 5. The lowest BCUT2D eigenvalue weighted by Gasteiger charge is -2.28. The smallest absolute Gasteiger partial charge is 0.274 e. The first-order chi connectivity index (χ1) is 11.7. The van der Waals surface area contributed by atoms with Crippen LogP contribution in [0.15, 0.2) is 36.4 Å². The molecule has 6 heteroatoms. The highest BCUT2D eigenvalue weighted by molar-refractivity contribution is 5.54. The summed E-state index contributed by atoms with van der Waals surface area (Å²) in [6.07, 6.45) is 0.842. The minimum absolute atomic E-state index is 0.122. The molecule has 3 rings (SSSR count). The first kappa shape index (κ1) is 16.3. The molecule has 0 saturated heterocycles. The molecule has 0 amide bonds. The second-order valence-electron chi connectivity index (χ2n) is 5.59. The van der Waals surface area contributed by atoms with Crippen molar-refractivity contribution in [3.05, 3.63) is 63.2 Å². The Morgan fingerprint density at radius 3 is 2.75 bits per heavy atom. The number of fused-ring (bicyclic) bond motifs is 1. The van der Waals surface area contributed by atoms with Gasteiger partial charge in [0.2, 0.25) is 0 Å². The number of nitrogens with one attached hydrogen (secondary N) is 1. The molecule has 1 aliphatic rings. The molecule has 1 atom stereocenters. The maximum atomic E-state index is 11.4. The Labute approximate surface area is 140 Å². The zero-order valence-electron chi connectivity index (χ0n) is 13.7. The zero-order chi connectivity index (χ0) is 17.1. The number of benzene rings is 2. The van der Waals surface area contributed by atoms with Gasteiger partial charge >= 0.3 is 0 Å². The van der Waals surface area contributed by atoms with Gasteiger partial charge in [-0.25, -0.2) is 0 Å². The molecule has 0 bridgehead atoms. The molecule has 1 aliphatic heterocycles. The van der Waals surface area contributed by atoms with Gasteiger partial charge < -0.3 is 14.8 Å². The summed E-state index contributed by atoms with van der Waals surface area (Å²) in [5, 5.41) is 14.8. The zero-order valence-corrected chi connectivity index (χ0v) is 13.7. The number of methoxy groups -OCH3 is 1. The first-order valence-electron chi connectivity index (χ1n) is 7.96. The lowest BCUT2D eigenvalue weighted by Crippen LogP contribution is -2.31. The molecule has 0 aliphatic carbocycles. The van der Waals surface area contributed by atoms with E-state index in [1.54, 1.807) is 19.2 Å². The van der Waals surface area contributed by atoms with E-state index in [9.17, 15) is 10.1 Å². The Bertz CT molecular complexity index is 761. The van der Waals surface area contributed by atoms with Crippen LogP contribution < -0.4 is 14.8 Å². The van der Waals surface area contributed by atoms with Gasteiger partial charge in [0.1, 0.15) is 0 Å². The maximum absolute atomic E-state index is 11.4. The van der Waals surface area contributed by atoms with E-state index in [4.69, 9.17) is 9.47 Å². The van der Waals surface area contributed by atoms with E-state index in [0.29, 0.717) is 23.7 Å². The SMILES string of the molecule is CCOc1cc2c(cc1OC)CCNC2c1ccccc1[N+](=O)[O-]. The number of rotatable bonds is 5. The number of para-hydroxylation sites is 1. The van der Waals surface area contributed by atoms with Gasteiger partial charge in [-0.15, -0.1) is 0 Å².